The number of hydrogen-bond acceptors (Lipinski definition) is 4. The summed E-state index contributed by atoms with van der Waals surface area (Å²) in [5.41, 5.74) is 0.128. The fourth-order valence-corrected chi connectivity index (χ4v) is 2.92. The highest BCUT2D eigenvalue weighted by Crippen LogP contribution is 2.19. The van der Waals surface area contributed by atoms with Crippen LogP contribution in [-0.4, -0.2) is 56.5 Å². The predicted octanol–water partition coefficient (Wildman–Crippen LogP) is 0.884. The van der Waals surface area contributed by atoms with Crippen LogP contribution in [0.15, 0.2) is 0 Å². The molecule has 1 rings (SSSR count). The van der Waals surface area contributed by atoms with Gasteiger partial charge in [-0.1, -0.05) is 6.92 Å². The van der Waals surface area contributed by atoms with E-state index in [4.69, 9.17) is 0 Å². The molecule has 0 amide bonds. The zero-order valence-electron chi connectivity index (χ0n) is 11.5. The van der Waals surface area contributed by atoms with Gasteiger partial charge < -0.3 is 5.32 Å². The maximum Gasteiger partial charge on any atom is 0.147 e. The molecular weight excluding hydrogens is 236 g/mol. The Morgan fingerprint density at radius 2 is 2.06 bits per heavy atom. The molecule has 102 valence electrons. The first kappa shape index (κ1) is 14.9. The molecule has 0 aromatic rings. The van der Waals surface area contributed by atoms with Gasteiger partial charge in [0.1, 0.15) is 9.84 Å². The third-order valence-corrected chi connectivity index (χ3v) is 4.59. The Morgan fingerprint density at radius 3 is 2.59 bits per heavy atom. The lowest BCUT2D eigenvalue weighted by Gasteiger charge is -2.46. The topological polar surface area (TPSA) is 49.4 Å². The Morgan fingerprint density at radius 1 is 1.41 bits per heavy atom. The smallest absolute Gasteiger partial charge is 0.147 e. The van der Waals surface area contributed by atoms with Crippen molar-refractivity contribution in [1.82, 2.24) is 10.2 Å². The third-order valence-electron chi connectivity index (χ3n) is 3.56. The Hall–Kier alpha value is -0.130. The maximum atomic E-state index is 11.1. The van der Waals surface area contributed by atoms with Gasteiger partial charge in [0.25, 0.3) is 0 Å². The molecule has 0 aromatic carbocycles. The van der Waals surface area contributed by atoms with Crippen LogP contribution in [0.1, 0.15) is 33.6 Å². The second kappa shape index (κ2) is 5.67. The van der Waals surface area contributed by atoms with Gasteiger partial charge in [0.05, 0.1) is 5.75 Å². The van der Waals surface area contributed by atoms with Crippen molar-refractivity contribution in [3.63, 3.8) is 0 Å². The Labute approximate surface area is 106 Å². The summed E-state index contributed by atoms with van der Waals surface area (Å²) in [5, 5.41) is 3.54. The summed E-state index contributed by atoms with van der Waals surface area (Å²) < 4.78 is 22.2. The molecule has 5 heteroatoms. The standard InChI is InChI=1S/C12H26N2O2S/c1-5-11-9-14(12(2,3)10-13-11)7-6-8-17(4,15)16/h11,13H,5-10H2,1-4H3. The number of nitrogens with zero attached hydrogens (tertiary/aromatic N) is 1. The molecular formula is C12H26N2O2S. The third kappa shape index (κ3) is 4.94. The lowest BCUT2D eigenvalue weighted by atomic mass is 9.96. The number of piperazine rings is 1. The predicted molar refractivity (Wildman–Crippen MR) is 72.1 cm³/mol. The van der Waals surface area contributed by atoms with E-state index in [0.717, 1.165) is 32.5 Å². The molecule has 1 aliphatic rings. The van der Waals surface area contributed by atoms with Crippen LogP contribution in [-0.2, 0) is 9.84 Å². The fourth-order valence-electron chi connectivity index (χ4n) is 2.27. The minimum absolute atomic E-state index is 0.128. The molecule has 0 saturated carbocycles. The van der Waals surface area contributed by atoms with E-state index >= 15 is 0 Å². The van der Waals surface area contributed by atoms with Crippen LogP contribution < -0.4 is 5.32 Å². The first-order valence-electron chi connectivity index (χ1n) is 6.41. The van der Waals surface area contributed by atoms with Crippen molar-refractivity contribution in [2.75, 3.05) is 31.6 Å². The van der Waals surface area contributed by atoms with Crippen LogP contribution in [0.3, 0.4) is 0 Å². The van der Waals surface area contributed by atoms with Gasteiger partial charge in [-0.25, -0.2) is 8.42 Å². The SMILES string of the molecule is CCC1CN(CCCS(C)(=O)=O)C(C)(C)CN1. The van der Waals surface area contributed by atoms with Crippen molar-refractivity contribution in [2.45, 2.75) is 45.2 Å². The largest absolute Gasteiger partial charge is 0.311 e. The average Bonchev–Trinajstić information content (AvgIpc) is 2.18. The Kier molecular flexibility index (Phi) is 4.98. The van der Waals surface area contributed by atoms with Crippen molar-refractivity contribution in [2.24, 2.45) is 0 Å². The van der Waals surface area contributed by atoms with Gasteiger partial charge in [0, 0.05) is 30.9 Å². The molecule has 1 unspecified atom stereocenters. The number of nitrogens with one attached hydrogen (secondary N) is 1. The van der Waals surface area contributed by atoms with Crippen LogP contribution in [0.4, 0.5) is 0 Å². The number of hydrogen-bond donors (Lipinski definition) is 1. The van der Waals surface area contributed by atoms with Crippen molar-refractivity contribution in [3.05, 3.63) is 0 Å². The second-order valence-electron chi connectivity index (χ2n) is 5.73. The monoisotopic (exact) mass is 262 g/mol. The summed E-state index contributed by atoms with van der Waals surface area (Å²) in [6.45, 7) is 9.49. The van der Waals surface area contributed by atoms with E-state index in [2.05, 4.69) is 31.0 Å². The summed E-state index contributed by atoms with van der Waals surface area (Å²) in [6.07, 6.45) is 3.17. The lowest BCUT2D eigenvalue weighted by Crippen LogP contribution is -2.61. The highest BCUT2D eigenvalue weighted by atomic mass is 32.2. The molecule has 0 aromatic heterocycles. The molecule has 4 nitrogen and oxygen atoms in total. The molecule has 0 aliphatic carbocycles. The van der Waals surface area contributed by atoms with Gasteiger partial charge in [0.15, 0.2) is 0 Å². The van der Waals surface area contributed by atoms with Gasteiger partial charge in [0.2, 0.25) is 0 Å². The average molecular weight is 262 g/mol. The van der Waals surface area contributed by atoms with Crippen LogP contribution in [0.25, 0.3) is 0 Å². The van der Waals surface area contributed by atoms with Crippen LogP contribution in [0, 0.1) is 0 Å². The van der Waals surface area contributed by atoms with Crippen LogP contribution in [0.5, 0.6) is 0 Å². The summed E-state index contributed by atoms with van der Waals surface area (Å²) in [5.74, 6) is 0.295. The summed E-state index contributed by atoms with van der Waals surface area (Å²) >= 11 is 0. The Bertz CT molecular complexity index is 338. The van der Waals surface area contributed by atoms with Crippen molar-refractivity contribution in [1.29, 1.82) is 0 Å². The summed E-state index contributed by atoms with van der Waals surface area (Å²) in [6, 6.07) is 0.543. The molecule has 1 fully saturated rings. The molecule has 1 heterocycles. The highest BCUT2D eigenvalue weighted by Gasteiger charge is 2.32. The quantitative estimate of drug-likeness (QED) is 0.799. The molecule has 17 heavy (non-hydrogen) atoms. The summed E-state index contributed by atoms with van der Waals surface area (Å²) in [7, 11) is -2.82. The van der Waals surface area contributed by atoms with Crippen LogP contribution in [0.2, 0.25) is 0 Å². The normalized spacial score (nSPS) is 26.0. The van der Waals surface area contributed by atoms with Gasteiger partial charge in [-0.3, -0.25) is 4.90 Å². The minimum atomic E-state index is -2.82. The molecule has 0 spiro atoms. The molecule has 1 atom stereocenters. The maximum absolute atomic E-state index is 11.1. The van der Waals surface area contributed by atoms with Gasteiger partial charge in [-0.15, -0.1) is 0 Å². The number of rotatable bonds is 5. The zero-order valence-corrected chi connectivity index (χ0v) is 12.3. The second-order valence-corrected chi connectivity index (χ2v) is 7.99. The first-order valence-corrected chi connectivity index (χ1v) is 8.47. The van der Waals surface area contributed by atoms with Crippen molar-refractivity contribution >= 4 is 9.84 Å². The zero-order chi connectivity index (χ0) is 13.1. The van der Waals surface area contributed by atoms with E-state index in [1.807, 2.05) is 0 Å². The molecule has 0 bridgehead atoms. The van der Waals surface area contributed by atoms with E-state index in [0.29, 0.717) is 11.8 Å². The van der Waals surface area contributed by atoms with Crippen molar-refractivity contribution < 1.29 is 8.42 Å². The first-order chi connectivity index (χ1) is 7.74. The molecule has 0 radical (unpaired) electrons. The van der Waals surface area contributed by atoms with E-state index in [1.165, 1.54) is 6.26 Å². The molecule has 1 saturated heterocycles. The van der Waals surface area contributed by atoms with Crippen molar-refractivity contribution in [3.8, 4) is 0 Å². The molecule has 1 aliphatic heterocycles. The van der Waals surface area contributed by atoms with E-state index in [1.54, 1.807) is 0 Å². The van der Waals surface area contributed by atoms with E-state index in [-0.39, 0.29) is 5.54 Å². The number of sulfone groups is 1. The van der Waals surface area contributed by atoms with Crippen LogP contribution >= 0.6 is 0 Å². The van der Waals surface area contributed by atoms with E-state index < -0.39 is 9.84 Å². The van der Waals surface area contributed by atoms with Gasteiger partial charge in [-0.2, -0.15) is 0 Å². The Balaban J connectivity index is 2.48. The van der Waals surface area contributed by atoms with Gasteiger partial charge in [-0.05, 0) is 33.2 Å². The summed E-state index contributed by atoms with van der Waals surface area (Å²) in [4.78, 5) is 2.42. The van der Waals surface area contributed by atoms with Gasteiger partial charge >= 0.3 is 0 Å². The van der Waals surface area contributed by atoms with E-state index in [9.17, 15) is 8.42 Å². The fraction of sp³-hybridized carbons (Fsp3) is 1.00. The minimum Gasteiger partial charge on any atom is -0.311 e. The lowest BCUT2D eigenvalue weighted by molar-refractivity contribution is 0.0655. The highest BCUT2D eigenvalue weighted by molar-refractivity contribution is 7.90. The molecule has 1 N–H and O–H groups in total.